The van der Waals surface area contributed by atoms with Crippen LogP contribution >= 0.6 is 11.3 Å². The molecule has 0 aliphatic rings. The molecular weight excluding hydrogens is 338 g/mol. The van der Waals surface area contributed by atoms with Crippen molar-refractivity contribution in [3.63, 3.8) is 0 Å². The molecule has 4 N–H and O–H groups in total. The fourth-order valence-electron chi connectivity index (χ4n) is 2.33. The SMILES string of the molecule is NC(=O)Cc1ccc(NC(=O)c2ccc(-c3cccs3)[nH]c2=O)cc1. The van der Waals surface area contributed by atoms with Crippen LogP contribution in [0.2, 0.25) is 0 Å². The molecule has 0 saturated heterocycles. The van der Waals surface area contributed by atoms with Gasteiger partial charge in [0.15, 0.2) is 0 Å². The number of anilines is 1. The van der Waals surface area contributed by atoms with Gasteiger partial charge in [-0.25, -0.2) is 0 Å². The highest BCUT2D eigenvalue weighted by molar-refractivity contribution is 7.13. The Balaban J connectivity index is 1.75. The van der Waals surface area contributed by atoms with Gasteiger partial charge < -0.3 is 16.0 Å². The molecule has 7 heteroatoms. The third kappa shape index (κ3) is 4.02. The van der Waals surface area contributed by atoms with Gasteiger partial charge in [-0.15, -0.1) is 11.3 Å². The van der Waals surface area contributed by atoms with Gasteiger partial charge in [-0.3, -0.25) is 14.4 Å². The summed E-state index contributed by atoms with van der Waals surface area (Å²) in [6, 6.07) is 13.7. The second-order valence-electron chi connectivity index (χ2n) is 5.39. The van der Waals surface area contributed by atoms with Crippen molar-refractivity contribution in [3.05, 3.63) is 75.4 Å². The summed E-state index contributed by atoms with van der Waals surface area (Å²) in [6.07, 6.45) is 0.137. The molecule has 2 amide bonds. The van der Waals surface area contributed by atoms with Crippen LogP contribution in [0.5, 0.6) is 0 Å². The van der Waals surface area contributed by atoms with Crippen molar-refractivity contribution in [1.29, 1.82) is 0 Å². The van der Waals surface area contributed by atoms with Crippen LogP contribution in [0.4, 0.5) is 5.69 Å². The van der Waals surface area contributed by atoms with Crippen molar-refractivity contribution in [3.8, 4) is 10.6 Å². The Labute approximate surface area is 147 Å². The van der Waals surface area contributed by atoms with Crippen molar-refractivity contribution >= 4 is 28.8 Å². The summed E-state index contributed by atoms with van der Waals surface area (Å²) in [5.74, 6) is -0.921. The fraction of sp³-hybridized carbons (Fsp3) is 0.0556. The summed E-state index contributed by atoms with van der Waals surface area (Å²) in [4.78, 5) is 39.0. The molecule has 3 aromatic rings. The number of nitrogens with two attached hydrogens (primary N) is 1. The fourth-order valence-corrected chi connectivity index (χ4v) is 3.04. The van der Waals surface area contributed by atoms with Crippen LogP contribution in [-0.4, -0.2) is 16.8 Å². The van der Waals surface area contributed by atoms with E-state index in [9.17, 15) is 14.4 Å². The van der Waals surface area contributed by atoms with Crippen LogP contribution < -0.4 is 16.6 Å². The lowest BCUT2D eigenvalue weighted by molar-refractivity contribution is -0.117. The molecule has 0 radical (unpaired) electrons. The number of carbonyl (C=O) groups is 2. The molecule has 0 spiro atoms. The lowest BCUT2D eigenvalue weighted by Gasteiger charge is -2.06. The maximum atomic E-state index is 12.3. The monoisotopic (exact) mass is 353 g/mol. The predicted octanol–water partition coefficient (Wildman–Crippen LogP) is 2.38. The molecular formula is C18H15N3O3S. The first-order valence-corrected chi connectivity index (χ1v) is 8.37. The van der Waals surface area contributed by atoms with Crippen molar-refractivity contribution in [2.75, 3.05) is 5.32 Å². The Bertz CT molecular complexity index is 960. The Hall–Kier alpha value is -3.19. The van der Waals surface area contributed by atoms with E-state index in [1.807, 2.05) is 17.5 Å². The first kappa shape index (κ1) is 16.7. The van der Waals surface area contributed by atoms with Crippen LogP contribution in [0.1, 0.15) is 15.9 Å². The van der Waals surface area contributed by atoms with E-state index in [4.69, 9.17) is 5.73 Å². The highest BCUT2D eigenvalue weighted by Crippen LogP contribution is 2.21. The standard InChI is InChI=1S/C18H15N3O3S/c19-16(22)10-11-3-5-12(6-4-11)20-17(23)13-7-8-14(21-18(13)24)15-2-1-9-25-15/h1-9H,10H2,(H2,19,22)(H,20,23)(H,21,24). The highest BCUT2D eigenvalue weighted by Gasteiger charge is 2.12. The molecule has 0 atom stereocenters. The van der Waals surface area contributed by atoms with Gasteiger partial charge in [0.2, 0.25) is 5.91 Å². The number of hydrogen-bond acceptors (Lipinski definition) is 4. The molecule has 126 valence electrons. The zero-order valence-electron chi connectivity index (χ0n) is 13.1. The summed E-state index contributed by atoms with van der Waals surface area (Å²) >= 11 is 1.50. The molecule has 2 aromatic heterocycles. The first-order chi connectivity index (χ1) is 12.0. The number of rotatable bonds is 5. The van der Waals surface area contributed by atoms with E-state index < -0.39 is 17.4 Å². The van der Waals surface area contributed by atoms with Gasteiger partial charge in [0, 0.05) is 5.69 Å². The quantitative estimate of drug-likeness (QED) is 0.656. The van der Waals surface area contributed by atoms with Gasteiger partial charge in [-0.05, 0) is 41.3 Å². The average Bonchev–Trinajstić information content (AvgIpc) is 3.10. The summed E-state index contributed by atoms with van der Waals surface area (Å²) in [5.41, 5.74) is 6.67. The van der Waals surface area contributed by atoms with Crippen molar-refractivity contribution in [2.24, 2.45) is 5.73 Å². The Kier molecular flexibility index (Phi) is 4.76. The Morgan fingerprint density at radius 2 is 1.84 bits per heavy atom. The normalized spacial score (nSPS) is 10.4. The van der Waals surface area contributed by atoms with Gasteiger partial charge >= 0.3 is 0 Å². The minimum Gasteiger partial charge on any atom is -0.369 e. The van der Waals surface area contributed by atoms with Crippen LogP contribution in [0, 0.1) is 0 Å². The molecule has 0 bridgehead atoms. The lowest BCUT2D eigenvalue weighted by Crippen LogP contribution is -2.23. The minimum absolute atomic E-state index is 0.0292. The van der Waals surface area contributed by atoms with Crippen LogP contribution in [0.25, 0.3) is 10.6 Å². The van der Waals surface area contributed by atoms with Crippen LogP contribution in [0.15, 0.2) is 58.7 Å². The van der Waals surface area contributed by atoms with E-state index in [1.165, 1.54) is 17.4 Å². The number of H-pyrrole nitrogens is 1. The number of amides is 2. The van der Waals surface area contributed by atoms with E-state index >= 15 is 0 Å². The molecule has 3 rings (SSSR count). The summed E-state index contributed by atoms with van der Waals surface area (Å²) in [7, 11) is 0. The summed E-state index contributed by atoms with van der Waals surface area (Å²) in [6.45, 7) is 0. The molecule has 0 fully saturated rings. The van der Waals surface area contributed by atoms with Gasteiger partial charge in [0.25, 0.3) is 11.5 Å². The van der Waals surface area contributed by atoms with E-state index in [0.29, 0.717) is 11.4 Å². The third-order valence-corrected chi connectivity index (χ3v) is 4.43. The van der Waals surface area contributed by atoms with Gasteiger partial charge in [0.1, 0.15) is 5.56 Å². The maximum Gasteiger partial charge on any atom is 0.261 e. The van der Waals surface area contributed by atoms with Crippen LogP contribution in [0.3, 0.4) is 0 Å². The van der Waals surface area contributed by atoms with Gasteiger partial charge in [-0.1, -0.05) is 18.2 Å². The molecule has 0 saturated carbocycles. The van der Waals surface area contributed by atoms with E-state index in [-0.39, 0.29) is 12.0 Å². The van der Waals surface area contributed by atoms with E-state index in [2.05, 4.69) is 10.3 Å². The number of benzene rings is 1. The van der Waals surface area contributed by atoms with E-state index in [1.54, 1.807) is 30.3 Å². The number of aromatic nitrogens is 1. The topological polar surface area (TPSA) is 105 Å². The smallest absolute Gasteiger partial charge is 0.261 e. The third-order valence-electron chi connectivity index (χ3n) is 3.53. The zero-order chi connectivity index (χ0) is 17.8. The highest BCUT2D eigenvalue weighted by atomic mass is 32.1. The molecule has 6 nitrogen and oxygen atoms in total. The van der Waals surface area contributed by atoms with Crippen LogP contribution in [-0.2, 0) is 11.2 Å². The molecule has 2 heterocycles. The molecule has 0 aliphatic heterocycles. The molecule has 25 heavy (non-hydrogen) atoms. The number of pyridine rings is 1. The summed E-state index contributed by atoms with van der Waals surface area (Å²) < 4.78 is 0. The average molecular weight is 353 g/mol. The largest absolute Gasteiger partial charge is 0.369 e. The second-order valence-corrected chi connectivity index (χ2v) is 6.33. The predicted molar refractivity (Wildman–Crippen MR) is 97.7 cm³/mol. The second kappa shape index (κ2) is 7.14. The number of primary amides is 1. The maximum absolute atomic E-state index is 12.3. The number of aromatic amines is 1. The molecule has 0 unspecified atom stereocenters. The van der Waals surface area contributed by atoms with Crippen molar-refractivity contribution in [1.82, 2.24) is 4.98 Å². The van der Waals surface area contributed by atoms with E-state index in [0.717, 1.165) is 10.4 Å². The lowest BCUT2D eigenvalue weighted by atomic mass is 10.1. The minimum atomic E-state index is -0.498. The van der Waals surface area contributed by atoms with Gasteiger partial charge in [-0.2, -0.15) is 0 Å². The molecule has 1 aromatic carbocycles. The number of thiophene rings is 1. The van der Waals surface area contributed by atoms with Crippen molar-refractivity contribution in [2.45, 2.75) is 6.42 Å². The Morgan fingerprint density at radius 1 is 1.08 bits per heavy atom. The number of nitrogens with one attached hydrogen (secondary N) is 2. The molecule has 0 aliphatic carbocycles. The number of carbonyl (C=O) groups excluding carboxylic acids is 2. The Morgan fingerprint density at radius 3 is 2.44 bits per heavy atom. The van der Waals surface area contributed by atoms with Gasteiger partial charge in [0.05, 0.1) is 17.0 Å². The zero-order valence-corrected chi connectivity index (χ0v) is 13.9. The van der Waals surface area contributed by atoms with Crippen molar-refractivity contribution < 1.29 is 9.59 Å². The first-order valence-electron chi connectivity index (χ1n) is 7.49. The number of hydrogen-bond donors (Lipinski definition) is 3. The summed E-state index contributed by atoms with van der Waals surface area (Å²) in [5, 5.41) is 4.57.